The van der Waals surface area contributed by atoms with Crippen LogP contribution in [-0.4, -0.2) is 51.3 Å². The molecule has 1 unspecified atom stereocenters. The molecule has 2 fully saturated rings. The molecule has 0 aromatic heterocycles. The highest BCUT2D eigenvalue weighted by molar-refractivity contribution is 7.46. The lowest BCUT2D eigenvalue weighted by Crippen LogP contribution is -2.22. The van der Waals surface area contributed by atoms with Gasteiger partial charge in [-0.1, -0.05) is 38.5 Å². The van der Waals surface area contributed by atoms with Crippen molar-refractivity contribution in [1.82, 2.24) is 0 Å². The fraction of sp³-hybridized carbons (Fsp3) is 1.00. The molecule has 2 saturated carbocycles. The number of phosphoric ester groups is 1. The van der Waals surface area contributed by atoms with E-state index in [1.165, 1.54) is 64.2 Å². The summed E-state index contributed by atoms with van der Waals surface area (Å²) in [5, 5.41) is 17.5. The van der Waals surface area contributed by atoms with Crippen molar-refractivity contribution in [2.24, 2.45) is 11.5 Å². The number of hydrogen-bond acceptors (Lipinski definition) is 6. The van der Waals surface area contributed by atoms with Crippen molar-refractivity contribution >= 4 is 7.82 Å². The minimum atomic E-state index is -5.39. The Morgan fingerprint density at radius 3 is 1.62 bits per heavy atom. The molecule has 0 aromatic rings. The highest BCUT2D eigenvalue weighted by Crippen LogP contribution is 2.35. The van der Waals surface area contributed by atoms with E-state index in [-0.39, 0.29) is 0 Å². The molecule has 0 bridgehead atoms. The Hall–Kier alpha value is -0.0500. The second-order valence-electron chi connectivity index (χ2n) is 5.94. The smallest absolute Gasteiger partial charge is 0.394 e. The lowest BCUT2D eigenvalue weighted by atomic mass is 9.97. The van der Waals surface area contributed by atoms with E-state index in [1.807, 2.05) is 0 Å². The second kappa shape index (κ2) is 14.2. The maximum absolute atomic E-state index is 10.3. The summed E-state index contributed by atoms with van der Waals surface area (Å²) in [4.78, 5) is 16.5. The van der Waals surface area contributed by atoms with Gasteiger partial charge in [-0.2, -0.15) is 0 Å². The third kappa shape index (κ3) is 16.8. The average molecular weight is 375 g/mol. The van der Waals surface area contributed by atoms with Crippen molar-refractivity contribution in [1.29, 1.82) is 0 Å². The van der Waals surface area contributed by atoms with Crippen LogP contribution >= 0.6 is 7.82 Å². The molecule has 2 aliphatic rings. The van der Waals surface area contributed by atoms with Crippen molar-refractivity contribution in [3.8, 4) is 0 Å². The average Bonchev–Trinajstić information content (AvgIpc) is 2.54. The Bertz CT molecular complexity index is 490. The molecule has 0 heterocycles. The Kier molecular flexibility index (Phi) is 9.52. The van der Waals surface area contributed by atoms with Crippen LogP contribution in [0.2, 0.25) is 0 Å². The van der Waals surface area contributed by atoms with E-state index in [4.69, 9.17) is 38.3 Å². The van der Waals surface area contributed by atoms with Crippen LogP contribution < -0.4 is 11.5 Å². The molecule has 0 spiro atoms. The van der Waals surface area contributed by atoms with Gasteiger partial charge < -0.3 is 31.5 Å². The van der Waals surface area contributed by atoms with Gasteiger partial charge in [0.05, 0.1) is 20.0 Å². The summed E-state index contributed by atoms with van der Waals surface area (Å²) in [6.45, 7) is -7.57. The van der Waals surface area contributed by atoms with E-state index < -0.39 is 27.0 Å². The largest absolute Gasteiger partial charge is 0.469 e. The summed E-state index contributed by atoms with van der Waals surface area (Å²) in [7, 11) is -5.39. The maximum Gasteiger partial charge on any atom is 0.469 e. The van der Waals surface area contributed by atoms with Crippen LogP contribution in [0.15, 0.2) is 0 Å². The van der Waals surface area contributed by atoms with Crippen LogP contribution in [0.5, 0.6) is 0 Å². The first-order valence-electron chi connectivity index (χ1n) is 10.7. The van der Waals surface area contributed by atoms with Crippen molar-refractivity contribution in [2.75, 3.05) is 13.1 Å². The van der Waals surface area contributed by atoms with Gasteiger partial charge in [0.15, 0.2) is 0 Å². The molecule has 146 valence electrons. The first-order chi connectivity index (χ1) is 13.0. The molecule has 0 aromatic carbocycles. The monoisotopic (exact) mass is 375 g/mol. The molecule has 1 atom stereocenters. The van der Waals surface area contributed by atoms with Gasteiger partial charge in [0.2, 0.25) is 0 Å². The zero-order valence-electron chi connectivity index (χ0n) is 18.9. The van der Waals surface area contributed by atoms with Gasteiger partial charge in [-0.05, 0) is 25.7 Å². The topological polar surface area (TPSA) is 159 Å². The Labute approximate surface area is 151 Å². The van der Waals surface area contributed by atoms with E-state index in [1.54, 1.807) is 0 Å². The lowest BCUT2D eigenvalue weighted by molar-refractivity contribution is 0.0419. The number of phosphoric acid groups is 1. The normalized spacial score (nSPS) is 26.7. The number of nitrogens with two attached hydrogens (primary N) is 2. The van der Waals surface area contributed by atoms with Crippen LogP contribution in [0.25, 0.3) is 0 Å². The second-order valence-corrected chi connectivity index (χ2v) is 7.10. The molecule has 24 heavy (non-hydrogen) atoms. The minimum absolute atomic E-state index is 0.536. The summed E-state index contributed by atoms with van der Waals surface area (Å²) in [6, 6.07) is 1.07. The molecule has 2 aliphatic carbocycles. The van der Waals surface area contributed by atoms with Crippen LogP contribution in [-0.2, 0) is 9.09 Å². The van der Waals surface area contributed by atoms with Crippen molar-refractivity contribution in [2.45, 2.75) is 82.4 Å². The first kappa shape index (κ1) is 16.1. The molecule has 8 N–H and O–H groups in total. The number of rotatable bonds is 4. The molecule has 0 aliphatic heterocycles. The highest BCUT2D eigenvalue weighted by Gasteiger charge is 2.15. The van der Waals surface area contributed by atoms with E-state index in [0.717, 1.165) is 0 Å². The zero-order chi connectivity index (χ0) is 22.9. The Morgan fingerprint density at radius 2 is 1.42 bits per heavy atom. The van der Waals surface area contributed by atoms with E-state index in [0.29, 0.717) is 12.1 Å². The molecular weight excluding hydrogens is 335 g/mol. The summed E-state index contributed by atoms with van der Waals surface area (Å²) in [5.41, 5.74) is 11.3. The quantitative estimate of drug-likeness (QED) is 0.397. The van der Waals surface area contributed by atoms with Crippen molar-refractivity contribution in [3.05, 3.63) is 0 Å². The van der Waals surface area contributed by atoms with Crippen molar-refractivity contribution in [3.63, 3.8) is 0 Å². The summed E-state index contributed by atoms with van der Waals surface area (Å²) < 4.78 is 46.9. The van der Waals surface area contributed by atoms with Crippen molar-refractivity contribution < 1.29 is 35.9 Å². The maximum atomic E-state index is 10.3. The predicted octanol–water partition coefficient (Wildman–Crippen LogP) is 1.00. The molecule has 0 amide bonds. The minimum Gasteiger partial charge on any atom is -0.394 e. The van der Waals surface area contributed by atoms with Gasteiger partial charge >= 0.3 is 7.82 Å². The fourth-order valence-corrected chi connectivity index (χ4v) is 2.60. The predicted molar refractivity (Wildman–Crippen MR) is 93.2 cm³/mol. The van der Waals surface area contributed by atoms with Crippen LogP contribution in [0.1, 0.15) is 71.1 Å². The summed E-state index contributed by atoms with van der Waals surface area (Å²) in [6.07, 6.45) is 9.42. The molecule has 0 radical (unpaired) electrons. The third-order valence-corrected chi connectivity index (χ3v) is 4.00. The highest BCUT2D eigenvalue weighted by atomic mass is 31.2. The van der Waals surface area contributed by atoms with Gasteiger partial charge in [0.1, 0.15) is 6.08 Å². The molecule has 9 heteroatoms. The van der Waals surface area contributed by atoms with Gasteiger partial charge in [0.25, 0.3) is 0 Å². The first-order valence-corrected chi connectivity index (χ1v) is 9.75. The molecule has 8 nitrogen and oxygen atoms in total. The van der Waals surface area contributed by atoms with Crippen LogP contribution in [0, 0.1) is 0 Å². The van der Waals surface area contributed by atoms with E-state index in [2.05, 4.69) is 4.52 Å². The zero-order valence-corrected chi connectivity index (χ0v) is 14.8. The third-order valence-electron chi connectivity index (χ3n) is 3.67. The number of aliphatic hydroxyl groups is 2. The lowest BCUT2D eigenvalue weighted by Gasteiger charge is -2.15. The van der Waals surface area contributed by atoms with Gasteiger partial charge in [-0.3, -0.25) is 4.52 Å². The summed E-state index contributed by atoms with van der Waals surface area (Å²) in [5.74, 6) is 0. The van der Waals surface area contributed by atoms with Gasteiger partial charge in [-0.25, -0.2) is 4.57 Å². The van der Waals surface area contributed by atoms with Crippen LogP contribution in [0.4, 0.5) is 0 Å². The molecule has 2 rings (SSSR count). The fourth-order valence-electron chi connectivity index (χ4n) is 2.39. The van der Waals surface area contributed by atoms with Gasteiger partial charge in [-0.15, -0.1) is 0 Å². The van der Waals surface area contributed by atoms with E-state index in [9.17, 15) is 4.57 Å². The van der Waals surface area contributed by atoms with Gasteiger partial charge in [0, 0.05) is 12.1 Å². The van der Waals surface area contributed by atoms with Crippen LogP contribution in [0.3, 0.4) is 0 Å². The number of hydrogen-bond donors (Lipinski definition) is 6. The standard InChI is InChI=1S/2C6H13N.C3H9O6P/c2*7-6-4-2-1-3-5-6;4-1-3(5)2-9-10(6,7)8/h2*6H,1-5,7H2;3-5H,1-2H2,(H2,6,7,8)/i;;1D2,2D2,3D. The Balaban J connectivity index is 0.000000458. The van der Waals surface area contributed by atoms with E-state index >= 15 is 0 Å². The molecule has 0 saturated heterocycles. The Morgan fingerprint density at radius 1 is 1.04 bits per heavy atom. The SMILES string of the molecule is NC1CCCCC1.NC1CCCCC1.[2H]C([2H])(O)C([2H])(O)C([2H])([2H])OP(=O)(O)O. The summed E-state index contributed by atoms with van der Waals surface area (Å²) >= 11 is 0. The molecular formula is C15H35N2O6P.